The molecule has 1 amide bonds. The maximum Gasteiger partial charge on any atom is 0.284 e. The van der Waals surface area contributed by atoms with Crippen LogP contribution >= 0.6 is 11.8 Å². The molecule has 0 saturated carbocycles. The van der Waals surface area contributed by atoms with Crippen molar-refractivity contribution in [2.24, 2.45) is 0 Å². The molecule has 2 aromatic carbocycles. The van der Waals surface area contributed by atoms with E-state index in [1.54, 1.807) is 12.1 Å². The second-order valence-electron chi connectivity index (χ2n) is 5.52. The third kappa shape index (κ3) is 3.98. The standard InChI is InChI=1S/C18H17N5O3S/c1-3-20-16-12-6-4-5-7-13(12)21-18(22-16)27-15-9-8-11(17(24)19-2)10-14(15)23(25)26/h4-10H,3H2,1-2H3,(H,19,24)(H,20,21,22). The fraction of sp³-hybridized carbons (Fsp3) is 0.167. The van der Waals surface area contributed by atoms with Crippen molar-refractivity contribution in [3.8, 4) is 0 Å². The SMILES string of the molecule is CCNc1nc(Sc2ccc(C(=O)NC)cc2[N+](=O)[O-])nc2ccccc12. The molecule has 1 aromatic heterocycles. The summed E-state index contributed by atoms with van der Waals surface area (Å²) in [6.07, 6.45) is 0. The Bertz CT molecular complexity index is 1030. The molecule has 0 atom stereocenters. The van der Waals surface area contributed by atoms with Crippen LogP contribution in [-0.2, 0) is 0 Å². The Morgan fingerprint density at radius 3 is 2.70 bits per heavy atom. The molecule has 8 nitrogen and oxygen atoms in total. The molecular weight excluding hydrogens is 366 g/mol. The predicted octanol–water partition coefficient (Wildman–Crippen LogP) is 3.48. The lowest BCUT2D eigenvalue weighted by Crippen LogP contribution is -2.17. The molecule has 0 aliphatic heterocycles. The number of anilines is 1. The maximum atomic E-state index is 11.7. The van der Waals surface area contributed by atoms with Crippen LogP contribution in [0, 0.1) is 10.1 Å². The topological polar surface area (TPSA) is 110 Å². The molecule has 2 N–H and O–H groups in total. The summed E-state index contributed by atoms with van der Waals surface area (Å²) in [4.78, 5) is 32.1. The first-order valence-electron chi connectivity index (χ1n) is 8.22. The molecule has 138 valence electrons. The van der Waals surface area contributed by atoms with Crippen molar-refractivity contribution in [1.29, 1.82) is 0 Å². The number of carbonyl (C=O) groups excluding carboxylic acids is 1. The summed E-state index contributed by atoms with van der Waals surface area (Å²) in [5.41, 5.74) is 0.805. The van der Waals surface area contributed by atoms with Gasteiger partial charge in [0.15, 0.2) is 5.16 Å². The van der Waals surface area contributed by atoms with Gasteiger partial charge in [-0.15, -0.1) is 0 Å². The summed E-state index contributed by atoms with van der Waals surface area (Å²) >= 11 is 1.09. The second-order valence-corrected chi connectivity index (χ2v) is 6.53. The van der Waals surface area contributed by atoms with E-state index in [0.717, 1.165) is 22.7 Å². The molecule has 3 aromatic rings. The largest absolute Gasteiger partial charge is 0.370 e. The number of nitro groups is 1. The first-order valence-corrected chi connectivity index (χ1v) is 9.04. The number of aromatic nitrogens is 2. The fourth-order valence-corrected chi connectivity index (χ4v) is 3.39. The molecule has 0 saturated heterocycles. The van der Waals surface area contributed by atoms with Crippen LogP contribution in [0.5, 0.6) is 0 Å². The lowest BCUT2D eigenvalue weighted by Gasteiger charge is -2.09. The van der Waals surface area contributed by atoms with Gasteiger partial charge in [0.25, 0.3) is 11.6 Å². The molecule has 0 aliphatic carbocycles. The van der Waals surface area contributed by atoms with Gasteiger partial charge in [0, 0.05) is 30.6 Å². The van der Waals surface area contributed by atoms with Gasteiger partial charge in [0.2, 0.25) is 0 Å². The van der Waals surface area contributed by atoms with Gasteiger partial charge in [0.05, 0.1) is 15.3 Å². The average Bonchev–Trinajstić information content (AvgIpc) is 2.67. The first-order chi connectivity index (χ1) is 13.0. The highest BCUT2D eigenvalue weighted by Gasteiger charge is 2.19. The van der Waals surface area contributed by atoms with Crippen molar-refractivity contribution in [2.75, 3.05) is 18.9 Å². The van der Waals surface area contributed by atoms with E-state index in [-0.39, 0.29) is 17.2 Å². The highest BCUT2D eigenvalue weighted by Crippen LogP contribution is 2.35. The van der Waals surface area contributed by atoms with Gasteiger partial charge >= 0.3 is 0 Å². The van der Waals surface area contributed by atoms with E-state index in [9.17, 15) is 14.9 Å². The molecule has 0 bridgehead atoms. The Labute approximate surface area is 159 Å². The van der Waals surface area contributed by atoms with Gasteiger partial charge in [0.1, 0.15) is 5.82 Å². The molecule has 27 heavy (non-hydrogen) atoms. The smallest absolute Gasteiger partial charge is 0.284 e. The van der Waals surface area contributed by atoms with Gasteiger partial charge < -0.3 is 10.6 Å². The maximum absolute atomic E-state index is 11.7. The molecule has 0 unspecified atom stereocenters. The zero-order valence-corrected chi connectivity index (χ0v) is 15.5. The molecule has 3 rings (SSSR count). The minimum Gasteiger partial charge on any atom is -0.370 e. The van der Waals surface area contributed by atoms with Gasteiger partial charge in [-0.25, -0.2) is 9.97 Å². The van der Waals surface area contributed by atoms with Crippen molar-refractivity contribution >= 4 is 40.1 Å². The zero-order chi connectivity index (χ0) is 19.4. The Kier molecular flexibility index (Phi) is 5.51. The highest BCUT2D eigenvalue weighted by atomic mass is 32.2. The summed E-state index contributed by atoms with van der Waals surface area (Å²) in [5, 5.41) is 18.4. The van der Waals surface area contributed by atoms with Crippen LogP contribution < -0.4 is 10.6 Å². The number of nitro benzene ring substituents is 1. The fourth-order valence-electron chi connectivity index (χ4n) is 2.53. The molecule has 0 fully saturated rings. The number of nitrogens with one attached hydrogen (secondary N) is 2. The molecule has 0 aliphatic rings. The third-order valence-corrected chi connectivity index (χ3v) is 4.70. The van der Waals surface area contributed by atoms with E-state index in [2.05, 4.69) is 20.6 Å². The van der Waals surface area contributed by atoms with E-state index < -0.39 is 4.92 Å². The summed E-state index contributed by atoms with van der Waals surface area (Å²) < 4.78 is 0. The van der Waals surface area contributed by atoms with E-state index in [1.165, 1.54) is 13.1 Å². The van der Waals surface area contributed by atoms with Gasteiger partial charge in [-0.3, -0.25) is 14.9 Å². The minimum atomic E-state index is -0.513. The summed E-state index contributed by atoms with van der Waals surface area (Å²) in [6, 6.07) is 11.9. The monoisotopic (exact) mass is 383 g/mol. The Morgan fingerprint density at radius 2 is 2.00 bits per heavy atom. The molecule has 9 heteroatoms. The second kappa shape index (κ2) is 8.00. The zero-order valence-electron chi connectivity index (χ0n) is 14.7. The van der Waals surface area contributed by atoms with E-state index in [4.69, 9.17) is 0 Å². The lowest BCUT2D eigenvalue weighted by atomic mass is 10.2. The van der Waals surface area contributed by atoms with Crippen LogP contribution in [0.25, 0.3) is 10.9 Å². The number of nitrogens with zero attached hydrogens (tertiary/aromatic N) is 3. The van der Waals surface area contributed by atoms with Crippen LogP contribution in [0.2, 0.25) is 0 Å². The summed E-state index contributed by atoms with van der Waals surface area (Å²) in [6.45, 7) is 2.65. The lowest BCUT2D eigenvalue weighted by molar-refractivity contribution is -0.387. The van der Waals surface area contributed by atoms with Gasteiger partial charge in [-0.1, -0.05) is 12.1 Å². The average molecular weight is 383 g/mol. The van der Waals surface area contributed by atoms with Crippen LogP contribution in [-0.4, -0.2) is 34.4 Å². The first kappa shape index (κ1) is 18.6. The summed E-state index contributed by atoms with van der Waals surface area (Å²) in [5.74, 6) is 0.293. The Hall–Kier alpha value is -3.20. The van der Waals surface area contributed by atoms with Crippen molar-refractivity contribution in [3.63, 3.8) is 0 Å². The van der Waals surface area contributed by atoms with Crippen LogP contribution in [0.15, 0.2) is 52.5 Å². The Balaban J connectivity index is 2.04. The summed E-state index contributed by atoms with van der Waals surface area (Å²) in [7, 11) is 1.47. The van der Waals surface area contributed by atoms with Crippen molar-refractivity contribution in [3.05, 3.63) is 58.1 Å². The van der Waals surface area contributed by atoms with E-state index in [0.29, 0.717) is 22.4 Å². The number of fused-ring (bicyclic) bond motifs is 1. The minimum absolute atomic E-state index is 0.164. The molecule has 0 spiro atoms. The highest BCUT2D eigenvalue weighted by molar-refractivity contribution is 7.99. The van der Waals surface area contributed by atoms with Gasteiger partial charge in [-0.05, 0) is 43.0 Å². The van der Waals surface area contributed by atoms with Crippen molar-refractivity contribution in [2.45, 2.75) is 17.0 Å². The number of hydrogen-bond acceptors (Lipinski definition) is 7. The van der Waals surface area contributed by atoms with Crippen LogP contribution in [0.1, 0.15) is 17.3 Å². The normalized spacial score (nSPS) is 10.6. The third-order valence-electron chi connectivity index (χ3n) is 3.77. The number of amides is 1. The Morgan fingerprint density at radius 1 is 1.22 bits per heavy atom. The number of para-hydroxylation sites is 1. The molecule has 0 radical (unpaired) electrons. The number of benzene rings is 2. The number of hydrogen-bond donors (Lipinski definition) is 2. The van der Waals surface area contributed by atoms with Crippen LogP contribution in [0.4, 0.5) is 11.5 Å². The predicted molar refractivity (Wildman–Crippen MR) is 104 cm³/mol. The number of carbonyl (C=O) groups is 1. The van der Waals surface area contributed by atoms with Gasteiger partial charge in [-0.2, -0.15) is 0 Å². The van der Waals surface area contributed by atoms with E-state index >= 15 is 0 Å². The molecule has 1 heterocycles. The molecular formula is C18H17N5O3S. The van der Waals surface area contributed by atoms with Crippen molar-refractivity contribution < 1.29 is 9.72 Å². The quantitative estimate of drug-likeness (QED) is 0.381. The van der Waals surface area contributed by atoms with Crippen molar-refractivity contribution in [1.82, 2.24) is 15.3 Å². The van der Waals surface area contributed by atoms with E-state index in [1.807, 2.05) is 31.2 Å². The van der Waals surface area contributed by atoms with Crippen LogP contribution in [0.3, 0.4) is 0 Å². The number of rotatable bonds is 6.